The van der Waals surface area contributed by atoms with Crippen LogP contribution in [0.3, 0.4) is 0 Å². The van der Waals surface area contributed by atoms with Gasteiger partial charge in [0, 0.05) is 31.1 Å². The van der Waals surface area contributed by atoms with Crippen LogP contribution in [0.15, 0.2) is 24.3 Å². The number of carbonyl (C=O) groups is 2. The lowest BCUT2D eigenvalue weighted by Crippen LogP contribution is -2.57. The Kier molecular flexibility index (Phi) is 19.1. The molecule has 2 saturated heterocycles. The highest BCUT2D eigenvalue weighted by Gasteiger charge is 2.41. The second-order valence-corrected chi connectivity index (χ2v) is 8.97. The third-order valence-corrected chi connectivity index (χ3v) is 6.37. The Morgan fingerprint density at radius 2 is 1.63 bits per heavy atom. The molecule has 0 radical (unpaired) electrons. The molecule has 10 heteroatoms. The number of amides is 2. The number of fused-ring (bicyclic) bond motifs is 1. The van der Waals surface area contributed by atoms with Gasteiger partial charge in [-0.15, -0.1) is 0 Å². The van der Waals surface area contributed by atoms with Crippen molar-refractivity contribution >= 4 is 17.5 Å². The SMILES string of the molecule is C.C.C.CC1CCc2ccccc2NC1=O.CC1OC(CO)[C@@H](O)[C@@H](O)C1O.CCC(=O)N1CCOCC1. The number of nitrogens with one attached hydrogen (secondary N) is 1. The number of carbonyl (C=O) groups excluding carboxylic acids is 2. The molecule has 2 fully saturated rings. The fourth-order valence-corrected chi connectivity index (χ4v) is 3.94. The van der Waals surface area contributed by atoms with Gasteiger partial charge >= 0.3 is 0 Å². The molecule has 4 rings (SSSR count). The molecule has 1 aromatic rings. The number of morpholine rings is 1. The van der Waals surface area contributed by atoms with Gasteiger partial charge in [-0.25, -0.2) is 0 Å². The molecule has 0 bridgehead atoms. The summed E-state index contributed by atoms with van der Waals surface area (Å²) in [6, 6.07) is 8.01. The van der Waals surface area contributed by atoms with E-state index in [-0.39, 0.29) is 46.6 Å². The molecular formula is C28H52N2O8. The third kappa shape index (κ3) is 11.0. The number of nitrogens with zero attached hydrogens (tertiary/aromatic N) is 1. The van der Waals surface area contributed by atoms with Gasteiger partial charge in [-0.2, -0.15) is 0 Å². The van der Waals surface area contributed by atoms with Crippen molar-refractivity contribution in [3.05, 3.63) is 29.8 Å². The van der Waals surface area contributed by atoms with E-state index in [1.807, 2.05) is 36.9 Å². The van der Waals surface area contributed by atoms with Crippen molar-refractivity contribution in [2.45, 2.75) is 92.8 Å². The summed E-state index contributed by atoms with van der Waals surface area (Å²) in [6.07, 6.45) is -2.38. The summed E-state index contributed by atoms with van der Waals surface area (Å²) < 4.78 is 10.1. The molecule has 0 aliphatic carbocycles. The van der Waals surface area contributed by atoms with Crippen LogP contribution in [-0.2, 0) is 25.5 Å². The van der Waals surface area contributed by atoms with E-state index in [9.17, 15) is 24.9 Å². The average Bonchev–Trinajstić information content (AvgIpc) is 3.03. The maximum Gasteiger partial charge on any atom is 0.227 e. The van der Waals surface area contributed by atoms with Crippen molar-refractivity contribution < 1.29 is 39.5 Å². The number of aliphatic hydroxyl groups excluding tert-OH is 4. The summed E-state index contributed by atoms with van der Waals surface area (Å²) >= 11 is 0. The zero-order valence-electron chi connectivity index (χ0n) is 20.8. The van der Waals surface area contributed by atoms with E-state index in [1.165, 1.54) is 5.56 Å². The van der Waals surface area contributed by atoms with Crippen LogP contribution in [0.2, 0.25) is 0 Å². The van der Waals surface area contributed by atoms with E-state index in [0.717, 1.165) is 31.6 Å². The smallest absolute Gasteiger partial charge is 0.227 e. The Morgan fingerprint density at radius 1 is 1.03 bits per heavy atom. The monoisotopic (exact) mass is 544 g/mol. The first kappa shape index (κ1) is 38.1. The number of hydrogen-bond donors (Lipinski definition) is 5. The van der Waals surface area contributed by atoms with Crippen LogP contribution in [-0.4, -0.2) is 101 Å². The van der Waals surface area contributed by atoms with Gasteiger partial charge < -0.3 is 40.1 Å². The number of aryl methyl sites for hydroxylation is 1. The molecule has 10 nitrogen and oxygen atoms in total. The van der Waals surface area contributed by atoms with Crippen molar-refractivity contribution in [3.8, 4) is 0 Å². The lowest BCUT2D eigenvalue weighted by Gasteiger charge is -2.38. The summed E-state index contributed by atoms with van der Waals surface area (Å²) in [5.74, 6) is 0.514. The van der Waals surface area contributed by atoms with E-state index in [4.69, 9.17) is 14.6 Å². The first-order valence-corrected chi connectivity index (χ1v) is 12.2. The molecule has 5 N–H and O–H groups in total. The van der Waals surface area contributed by atoms with Crippen LogP contribution >= 0.6 is 0 Å². The number of benzene rings is 1. The number of aliphatic hydroxyl groups is 4. The highest BCUT2D eigenvalue weighted by atomic mass is 16.5. The summed E-state index contributed by atoms with van der Waals surface area (Å²) in [6.45, 7) is 8.01. The molecule has 3 aliphatic heterocycles. The van der Waals surface area contributed by atoms with Crippen LogP contribution in [0.5, 0.6) is 0 Å². The Labute approximate surface area is 229 Å². The molecule has 3 aliphatic rings. The van der Waals surface area contributed by atoms with E-state index < -0.39 is 30.5 Å². The minimum Gasteiger partial charge on any atom is -0.394 e. The predicted octanol–water partition coefficient (Wildman–Crippen LogP) is 2.22. The average molecular weight is 545 g/mol. The quantitative estimate of drug-likeness (QED) is 0.381. The summed E-state index contributed by atoms with van der Waals surface area (Å²) in [7, 11) is 0. The summed E-state index contributed by atoms with van der Waals surface area (Å²) in [5.41, 5.74) is 2.23. The predicted molar refractivity (Wildman–Crippen MR) is 150 cm³/mol. The molecule has 3 heterocycles. The van der Waals surface area contributed by atoms with Crippen molar-refractivity contribution in [1.82, 2.24) is 4.90 Å². The summed E-state index contributed by atoms with van der Waals surface area (Å²) in [5, 5.41) is 39.3. The molecule has 222 valence electrons. The lowest BCUT2D eigenvalue weighted by atomic mass is 9.96. The van der Waals surface area contributed by atoms with Crippen LogP contribution in [0, 0.1) is 5.92 Å². The molecule has 0 saturated carbocycles. The van der Waals surface area contributed by atoms with Gasteiger partial charge in [-0.1, -0.05) is 54.3 Å². The maximum absolute atomic E-state index is 11.5. The number of anilines is 1. The highest BCUT2D eigenvalue weighted by molar-refractivity contribution is 5.93. The van der Waals surface area contributed by atoms with Gasteiger partial charge in [0.15, 0.2) is 0 Å². The first-order chi connectivity index (χ1) is 16.7. The zero-order valence-corrected chi connectivity index (χ0v) is 20.8. The topological polar surface area (TPSA) is 149 Å². The van der Waals surface area contributed by atoms with Gasteiger partial charge in [-0.3, -0.25) is 9.59 Å². The number of hydrogen-bond acceptors (Lipinski definition) is 8. The van der Waals surface area contributed by atoms with Crippen LogP contribution in [0.4, 0.5) is 5.69 Å². The van der Waals surface area contributed by atoms with E-state index in [1.54, 1.807) is 6.92 Å². The Hall–Kier alpha value is -2.08. The third-order valence-electron chi connectivity index (χ3n) is 6.37. The number of ether oxygens (including phenoxy) is 2. The molecule has 2 amide bonds. The van der Waals surface area contributed by atoms with Crippen molar-refractivity contribution in [1.29, 1.82) is 0 Å². The van der Waals surface area contributed by atoms with Gasteiger partial charge in [0.25, 0.3) is 0 Å². The standard InChI is InChI=1S/C11H13NO.C7H13NO2.C7H14O5.3CH4/c1-8-6-7-9-4-2-3-5-10(9)12-11(8)13;1-2-7(9)8-3-5-10-6-4-8;1-3-5(9)7(11)6(10)4(2-8)12-3;;;/h2-5,8H,6-7H2,1H3,(H,12,13);2-6H2,1H3;3-11H,2H2,1H3;3*1H4/t;;3?,4?,5?,6-,7+;;;/m..1.../s1. The van der Waals surface area contributed by atoms with Gasteiger partial charge in [0.1, 0.15) is 24.4 Å². The Bertz CT molecular complexity index is 798. The molecule has 0 spiro atoms. The van der Waals surface area contributed by atoms with Gasteiger partial charge in [0.05, 0.1) is 25.9 Å². The minimum atomic E-state index is -1.24. The van der Waals surface area contributed by atoms with E-state index >= 15 is 0 Å². The van der Waals surface area contributed by atoms with Crippen LogP contribution in [0.25, 0.3) is 0 Å². The van der Waals surface area contributed by atoms with Crippen molar-refractivity contribution in [3.63, 3.8) is 0 Å². The molecule has 1 aromatic carbocycles. The number of para-hydroxylation sites is 1. The van der Waals surface area contributed by atoms with E-state index in [0.29, 0.717) is 19.6 Å². The molecule has 6 atom stereocenters. The molecule has 0 aromatic heterocycles. The Balaban J connectivity index is 0. The second kappa shape index (κ2) is 19.1. The highest BCUT2D eigenvalue weighted by Crippen LogP contribution is 2.23. The lowest BCUT2D eigenvalue weighted by molar-refractivity contribution is -0.224. The Morgan fingerprint density at radius 3 is 2.21 bits per heavy atom. The summed E-state index contributed by atoms with van der Waals surface area (Å²) in [4.78, 5) is 24.4. The maximum atomic E-state index is 11.5. The largest absolute Gasteiger partial charge is 0.394 e. The fourth-order valence-electron chi connectivity index (χ4n) is 3.94. The van der Waals surface area contributed by atoms with Crippen LogP contribution < -0.4 is 5.32 Å². The molecular weight excluding hydrogens is 492 g/mol. The van der Waals surface area contributed by atoms with E-state index in [2.05, 4.69) is 11.4 Å². The zero-order chi connectivity index (χ0) is 26.0. The number of rotatable bonds is 2. The van der Waals surface area contributed by atoms with Gasteiger partial charge in [0.2, 0.25) is 11.8 Å². The first-order valence-electron chi connectivity index (χ1n) is 12.2. The van der Waals surface area contributed by atoms with Gasteiger partial charge in [-0.05, 0) is 31.4 Å². The molecule has 4 unspecified atom stereocenters. The van der Waals surface area contributed by atoms with Crippen molar-refractivity contribution in [2.24, 2.45) is 5.92 Å². The normalized spacial score (nSPS) is 28.0. The van der Waals surface area contributed by atoms with Crippen LogP contribution in [0.1, 0.15) is 61.5 Å². The molecule has 38 heavy (non-hydrogen) atoms. The second-order valence-electron chi connectivity index (χ2n) is 8.97. The van der Waals surface area contributed by atoms with Crippen molar-refractivity contribution in [2.75, 3.05) is 38.2 Å². The fraction of sp³-hybridized carbons (Fsp3) is 0.714. The minimum absolute atomic E-state index is 0.